The summed E-state index contributed by atoms with van der Waals surface area (Å²) in [6.07, 6.45) is 5.18. The van der Waals surface area contributed by atoms with Crippen LogP contribution in [-0.2, 0) is 7.05 Å². The average molecular weight is 346 g/mol. The van der Waals surface area contributed by atoms with Crippen LogP contribution < -0.4 is 10.1 Å². The predicted octanol–water partition coefficient (Wildman–Crippen LogP) is 3.49. The molecule has 3 heterocycles. The van der Waals surface area contributed by atoms with Crippen molar-refractivity contribution in [3.63, 3.8) is 0 Å². The molecule has 0 saturated carbocycles. The minimum absolute atomic E-state index is 0.539. The quantitative estimate of drug-likeness (QED) is 0.609. The number of anilines is 2. The molecule has 4 aromatic rings. The molecule has 0 atom stereocenters. The van der Waals surface area contributed by atoms with Crippen LogP contribution in [0.3, 0.4) is 0 Å². The van der Waals surface area contributed by atoms with Crippen LogP contribution in [0.1, 0.15) is 5.56 Å². The maximum Gasteiger partial charge on any atom is 0.183 e. The van der Waals surface area contributed by atoms with Crippen molar-refractivity contribution in [3.05, 3.63) is 54.5 Å². The highest BCUT2D eigenvalue weighted by Gasteiger charge is 2.16. The number of aromatic nitrogens is 5. The molecule has 7 nitrogen and oxygen atoms in total. The standard InChI is InChI=1S/C19H18N6O/c1-12-10-20-9-8-14(12)22-18-16(26-3)11-21-19(23-18)17-13-6-4-5-7-15(13)25(2)24-17/h4-11H,1-3H3,(H,20,21,22,23). The van der Waals surface area contributed by atoms with E-state index in [2.05, 4.69) is 25.4 Å². The molecule has 0 fully saturated rings. The summed E-state index contributed by atoms with van der Waals surface area (Å²) in [5.74, 6) is 1.68. The van der Waals surface area contributed by atoms with E-state index in [0.717, 1.165) is 27.8 Å². The molecule has 0 aliphatic heterocycles. The number of para-hydroxylation sites is 1. The fraction of sp³-hybridized carbons (Fsp3) is 0.158. The molecule has 130 valence electrons. The first-order valence-corrected chi connectivity index (χ1v) is 8.18. The first kappa shape index (κ1) is 16.0. The normalized spacial score (nSPS) is 10.9. The lowest BCUT2D eigenvalue weighted by atomic mass is 10.2. The Morgan fingerprint density at radius 2 is 1.96 bits per heavy atom. The number of fused-ring (bicyclic) bond motifs is 1. The number of hydrogen-bond donors (Lipinski definition) is 1. The number of nitrogens with zero attached hydrogens (tertiary/aromatic N) is 5. The van der Waals surface area contributed by atoms with Gasteiger partial charge in [-0.25, -0.2) is 9.97 Å². The zero-order chi connectivity index (χ0) is 18.1. The fourth-order valence-corrected chi connectivity index (χ4v) is 2.84. The summed E-state index contributed by atoms with van der Waals surface area (Å²) >= 11 is 0. The minimum Gasteiger partial charge on any atom is -0.491 e. The molecule has 0 unspecified atom stereocenters. The topological polar surface area (TPSA) is 77.8 Å². The van der Waals surface area contributed by atoms with Crippen molar-refractivity contribution >= 4 is 22.4 Å². The van der Waals surface area contributed by atoms with Crippen molar-refractivity contribution in [2.75, 3.05) is 12.4 Å². The van der Waals surface area contributed by atoms with Gasteiger partial charge in [0.05, 0.1) is 18.8 Å². The van der Waals surface area contributed by atoms with Crippen molar-refractivity contribution < 1.29 is 4.74 Å². The molecule has 0 aliphatic carbocycles. The Morgan fingerprint density at radius 3 is 2.77 bits per heavy atom. The maximum atomic E-state index is 5.41. The summed E-state index contributed by atoms with van der Waals surface area (Å²) in [4.78, 5) is 13.2. The highest BCUT2D eigenvalue weighted by atomic mass is 16.5. The largest absolute Gasteiger partial charge is 0.491 e. The molecule has 3 aromatic heterocycles. The second-order valence-electron chi connectivity index (χ2n) is 5.92. The second-order valence-corrected chi connectivity index (χ2v) is 5.92. The molecule has 4 rings (SSSR count). The molecule has 26 heavy (non-hydrogen) atoms. The molecule has 1 aromatic carbocycles. The summed E-state index contributed by atoms with van der Waals surface area (Å²) in [7, 11) is 3.51. The van der Waals surface area contributed by atoms with E-state index in [1.807, 2.05) is 49.0 Å². The van der Waals surface area contributed by atoms with Crippen molar-refractivity contribution in [2.45, 2.75) is 6.92 Å². The maximum absolute atomic E-state index is 5.41. The molecule has 1 N–H and O–H groups in total. The van der Waals surface area contributed by atoms with E-state index in [9.17, 15) is 0 Å². The van der Waals surface area contributed by atoms with E-state index in [1.54, 1.807) is 25.7 Å². The second kappa shape index (κ2) is 6.44. The molecule has 0 spiro atoms. The van der Waals surface area contributed by atoms with Gasteiger partial charge in [-0.05, 0) is 24.6 Å². The molecular formula is C19H18N6O. The van der Waals surface area contributed by atoms with Crippen LogP contribution in [0.25, 0.3) is 22.4 Å². The smallest absolute Gasteiger partial charge is 0.183 e. The lowest BCUT2D eigenvalue weighted by molar-refractivity contribution is 0.413. The first-order valence-electron chi connectivity index (χ1n) is 8.18. The third kappa shape index (κ3) is 2.73. The molecule has 0 bridgehead atoms. The van der Waals surface area contributed by atoms with Gasteiger partial charge >= 0.3 is 0 Å². The fourth-order valence-electron chi connectivity index (χ4n) is 2.84. The van der Waals surface area contributed by atoms with E-state index in [4.69, 9.17) is 4.74 Å². The lowest BCUT2D eigenvalue weighted by Gasteiger charge is -2.12. The predicted molar refractivity (Wildman–Crippen MR) is 101 cm³/mol. The van der Waals surface area contributed by atoms with Crippen LogP contribution in [0.2, 0.25) is 0 Å². The molecule has 0 aliphatic rings. The summed E-state index contributed by atoms with van der Waals surface area (Å²) in [6.45, 7) is 1.98. The van der Waals surface area contributed by atoms with Crippen LogP contribution in [0.5, 0.6) is 5.75 Å². The molecule has 0 radical (unpaired) electrons. The first-order chi connectivity index (χ1) is 12.7. The Morgan fingerprint density at radius 1 is 1.12 bits per heavy atom. The summed E-state index contributed by atoms with van der Waals surface area (Å²) in [5, 5.41) is 8.91. The Kier molecular flexibility index (Phi) is 3.96. The third-order valence-electron chi connectivity index (χ3n) is 4.22. The Hall–Kier alpha value is -3.48. The third-order valence-corrected chi connectivity index (χ3v) is 4.22. The number of ether oxygens (including phenoxy) is 1. The van der Waals surface area contributed by atoms with Gasteiger partial charge in [0, 0.05) is 30.5 Å². The lowest BCUT2D eigenvalue weighted by Crippen LogP contribution is -2.02. The SMILES string of the molecule is COc1cnc(-c2nn(C)c3ccccc23)nc1Nc1ccncc1C. The highest BCUT2D eigenvalue weighted by molar-refractivity contribution is 5.91. The molecular weight excluding hydrogens is 328 g/mol. The Balaban J connectivity index is 1.82. The van der Waals surface area contributed by atoms with E-state index >= 15 is 0 Å². The highest BCUT2D eigenvalue weighted by Crippen LogP contribution is 2.30. The molecule has 0 saturated heterocycles. The number of pyridine rings is 1. The number of methoxy groups -OCH3 is 1. The van der Waals surface area contributed by atoms with Crippen molar-refractivity contribution in [3.8, 4) is 17.3 Å². The van der Waals surface area contributed by atoms with E-state index in [-0.39, 0.29) is 0 Å². The molecule has 0 amide bonds. The van der Waals surface area contributed by atoms with Crippen LogP contribution in [0, 0.1) is 6.92 Å². The van der Waals surface area contributed by atoms with Gasteiger partial charge in [0.15, 0.2) is 17.4 Å². The number of rotatable bonds is 4. The number of benzene rings is 1. The van der Waals surface area contributed by atoms with Gasteiger partial charge in [0.2, 0.25) is 0 Å². The zero-order valence-electron chi connectivity index (χ0n) is 14.8. The monoisotopic (exact) mass is 346 g/mol. The van der Waals surface area contributed by atoms with Gasteiger partial charge in [-0.15, -0.1) is 0 Å². The van der Waals surface area contributed by atoms with Crippen molar-refractivity contribution in [1.29, 1.82) is 0 Å². The summed E-state index contributed by atoms with van der Waals surface area (Å²) in [5.41, 5.74) is 3.69. The summed E-state index contributed by atoms with van der Waals surface area (Å²) < 4.78 is 7.24. The van der Waals surface area contributed by atoms with Gasteiger partial charge in [-0.3, -0.25) is 9.67 Å². The minimum atomic E-state index is 0.539. The van der Waals surface area contributed by atoms with E-state index in [1.165, 1.54) is 0 Å². The van der Waals surface area contributed by atoms with Gasteiger partial charge in [-0.2, -0.15) is 5.10 Å². The Bertz CT molecular complexity index is 1090. The number of nitrogens with one attached hydrogen (secondary N) is 1. The molecule has 7 heteroatoms. The van der Waals surface area contributed by atoms with E-state index in [0.29, 0.717) is 17.4 Å². The van der Waals surface area contributed by atoms with Crippen molar-refractivity contribution in [2.24, 2.45) is 7.05 Å². The summed E-state index contributed by atoms with van der Waals surface area (Å²) in [6, 6.07) is 9.91. The zero-order valence-corrected chi connectivity index (χ0v) is 14.8. The van der Waals surface area contributed by atoms with Crippen molar-refractivity contribution in [1.82, 2.24) is 24.7 Å². The number of aryl methyl sites for hydroxylation is 2. The Labute approximate surface area is 150 Å². The average Bonchev–Trinajstić information content (AvgIpc) is 3.01. The van der Waals surface area contributed by atoms with Gasteiger partial charge < -0.3 is 10.1 Å². The van der Waals surface area contributed by atoms with Crippen LogP contribution >= 0.6 is 0 Å². The number of hydrogen-bond acceptors (Lipinski definition) is 6. The van der Waals surface area contributed by atoms with Gasteiger partial charge in [-0.1, -0.05) is 18.2 Å². The van der Waals surface area contributed by atoms with Crippen LogP contribution in [0.4, 0.5) is 11.5 Å². The van der Waals surface area contributed by atoms with Gasteiger partial charge in [0.1, 0.15) is 5.69 Å². The van der Waals surface area contributed by atoms with Crippen LogP contribution in [0.15, 0.2) is 48.9 Å². The van der Waals surface area contributed by atoms with E-state index < -0.39 is 0 Å². The van der Waals surface area contributed by atoms with Crippen LogP contribution in [-0.4, -0.2) is 31.8 Å². The van der Waals surface area contributed by atoms with Gasteiger partial charge in [0.25, 0.3) is 0 Å².